The molecule has 40 nitrogen and oxygen atoms in total. The van der Waals surface area contributed by atoms with E-state index >= 15 is 0 Å². The van der Waals surface area contributed by atoms with Crippen LogP contribution in [0.2, 0.25) is 0 Å². The van der Waals surface area contributed by atoms with Gasteiger partial charge in [0.2, 0.25) is 7.60 Å². The summed E-state index contributed by atoms with van der Waals surface area (Å²) in [4.78, 5) is 193. The first-order valence-corrected chi connectivity index (χ1v) is 50.0. The van der Waals surface area contributed by atoms with Gasteiger partial charge >= 0.3 is 94.7 Å². The fraction of sp³-hybridized carbons (Fsp3) is 0.0345. The number of hydrogen-bond acceptors (Lipinski definition) is 39. The van der Waals surface area contributed by atoms with Gasteiger partial charge in [-0.25, -0.2) is 51.6 Å². The Morgan fingerprint density at radius 2 is 0.556 bits per heavy atom. The molecule has 0 amide bonds. The van der Waals surface area contributed by atoms with Crippen molar-refractivity contribution in [2.75, 3.05) is 13.8 Å². The predicted octanol–water partition coefficient (Wildman–Crippen LogP) is 13.5. The van der Waals surface area contributed by atoms with Crippen LogP contribution in [0.25, 0.3) is 10.8 Å². The van der Waals surface area contributed by atoms with Crippen molar-refractivity contribution in [3.8, 4) is 17.2 Å². The summed E-state index contributed by atoms with van der Waals surface area (Å²) in [5.41, 5.74) is 0.890. The zero-order valence-corrected chi connectivity index (χ0v) is 76.5. The first-order chi connectivity index (χ1) is 63.8. The van der Waals surface area contributed by atoms with Crippen molar-refractivity contribution in [1.29, 1.82) is 0 Å². The van der Waals surface area contributed by atoms with Crippen LogP contribution in [0, 0.1) is 10.1 Å². The van der Waals surface area contributed by atoms with E-state index in [4.69, 9.17) is 4.52 Å². The largest absolute Gasteiger partial charge is 0.769 e. The molecule has 0 radical (unpaired) electrons. The molecule has 0 saturated heterocycles. The monoisotopic (exact) mass is 2000 g/mol. The van der Waals surface area contributed by atoms with E-state index in [1.807, 2.05) is 18.2 Å². The maximum absolute atomic E-state index is 12.0. The topological polar surface area (TPSA) is 621 Å². The number of fused-ring (bicyclic) bond motifs is 1. The van der Waals surface area contributed by atoms with Crippen LogP contribution in [0.1, 0.15) is 78.1 Å². The summed E-state index contributed by atoms with van der Waals surface area (Å²) in [6, 6.07) is 93.5. The molecule has 0 N–H and O–H groups in total. The molecule has 8 unspecified atom stereocenters. The summed E-state index contributed by atoms with van der Waals surface area (Å²) in [6.45, 7) is 0.855. The van der Waals surface area contributed by atoms with E-state index in [1.54, 1.807) is 188 Å². The third-order valence-corrected chi connectivity index (χ3v) is 23.1. The van der Waals surface area contributed by atoms with Crippen LogP contribution in [-0.2, 0) is 92.8 Å². The zero-order chi connectivity index (χ0) is 98.9. The van der Waals surface area contributed by atoms with Gasteiger partial charge in [-0.2, -0.15) is 0 Å². The summed E-state index contributed by atoms with van der Waals surface area (Å²) in [7, 11) is -37.7. The van der Waals surface area contributed by atoms with E-state index in [1.165, 1.54) is 140 Å². The molecule has 0 spiro atoms. The predicted molar refractivity (Wildman–Crippen MR) is 466 cm³/mol. The van der Waals surface area contributed by atoms with Crippen molar-refractivity contribution in [2.24, 2.45) is 0 Å². The molecule has 135 heavy (non-hydrogen) atoms. The molecule has 13 aromatic rings. The summed E-state index contributed by atoms with van der Waals surface area (Å²) < 4.78 is 147. The van der Waals surface area contributed by atoms with Crippen LogP contribution in [0.3, 0.4) is 0 Å². The lowest BCUT2D eigenvalue weighted by atomic mass is 10.1. The second kappa shape index (κ2) is 52.0. The number of carbonyl (C=O) groups is 8. The number of para-hydroxylation sites is 1. The first kappa shape index (κ1) is 108. The Balaban J connectivity index is 0.000000217. The van der Waals surface area contributed by atoms with E-state index in [0.29, 0.717) is 10.9 Å². The maximum atomic E-state index is 12.0. The number of phosphoric acid groups is 6. The number of rotatable bonds is 28. The fourth-order valence-corrected chi connectivity index (χ4v) is 15.6. The smallest absolute Gasteiger partial charge is 0.375 e. The summed E-state index contributed by atoms with van der Waals surface area (Å²) in [5, 5.41) is 11.9. The zero-order valence-electron chi connectivity index (χ0n) is 69.4. The SMILES string of the molecule is COP(=O)([O-])OC(=O)c1ccccc1.CP(=O)([O-])OC(=O)c1ccccc1.O=C(Cc1ccccc1)OP(=O)([O-])Oc1ccccc1.O=C(OP(=O)([O-])OP(=O)([O-])OC(=O)c1ccccc1)c1ccccc1.O=C(OP(=O)([O-])Oc1ccc([N+](=O)[O-])cc1)c1ccccc1.O=C(OP(=O)([O-])Oc1cccc2ccccc12)c1ccccc1.O=C(OP(=O)([O-])c1ccccc1)c1ccccc1. The van der Waals surface area contributed by atoms with Crippen LogP contribution >= 0.6 is 62.1 Å². The van der Waals surface area contributed by atoms with Gasteiger partial charge in [-0.3, -0.25) is 37.7 Å². The van der Waals surface area contributed by atoms with Gasteiger partial charge in [-0.15, -0.1) is 0 Å². The molecular formula is C87H69NO39P8-8. The first-order valence-electron chi connectivity index (χ1n) is 37.7. The summed E-state index contributed by atoms with van der Waals surface area (Å²) >= 11 is 0. The number of non-ortho nitro benzene ring substituents is 1. The van der Waals surface area contributed by atoms with E-state index < -0.39 is 115 Å². The van der Waals surface area contributed by atoms with E-state index in [2.05, 4.69) is 54.1 Å². The number of nitro groups is 1. The number of phosphoric ester groups is 6. The molecule has 48 heteroatoms. The van der Waals surface area contributed by atoms with Crippen LogP contribution in [-0.4, -0.2) is 66.5 Å². The Kier molecular flexibility index (Phi) is 41.6. The highest BCUT2D eigenvalue weighted by atomic mass is 31.3. The minimum absolute atomic E-state index is 0.0192. The minimum atomic E-state index is -5.64. The Morgan fingerprint density at radius 1 is 0.281 bits per heavy atom. The quantitative estimate of drug-likeness (QED) is 0.0250. The summed E-state index contributed by atoms with van der Waals surface area (Å²) in [5.74, 6) is -8.33. The number of nitrogens with zero attached hydrogens (tertiary/aromatic N) is 1. The fourth-order valence-electron chi connectivity index (χ4n) is 9.75. The van der Waals surface area contributed by atoms with Crippen molar-refractivity contribution in [3.63, 3.8) is 0 Å². The second-order valence-corrected chi connectivity index (χ2v) is 37.2. The molecule has 0 aliphatic rings. The molecule has 0 aromatic heterocycles. The van der Waals surface area contributed by atoms with Crippen LogP contribution in [0.5, 0.6) is 17.2 Å². The Bertz CT molecular complexity index is 6480. The molecule has 0 saturated carbocycles. The molecule has 13 rings (SSSR count). The van der Waals surface area contributed by atoms with Gasteiger partial charge in [-0.1, -0.05) is 231 Å². The van der Waals surface area contributed by atoms with Crippen molar-refractivity contribution in [3.05, 3.63) is 425 Å². The van der Waals surface area contributed by atoms with Gasteiger partial charge in [0, 0.05) is 36.6 Å². The lowest BCUT2D eigenvalue weighted by Crippen LogP contribution is -2.20. The minimum Gasteiger partial charge on any atom is -0.769 e. The molecule has 13 aromatic carbocycles. The van der Waals surface area contributed by atoms with Crippen LogP contribution < -0.4 is 58.0 Å². The highest BCUT2D eigenvalue weighted by Crippen LogP contribution is 2.56. The molecule has 8 atom stereocenters. The van der Waals surface area contributed by atoms with Gasteiger partial charge in [-0.05, 0) is 138 Å². The van der Waals surface area contributed by atoms with E-state index in [9.17, 15) is 124 Å². The normalized spacial score (nSPS) is 13.9. The van der Waals surface area contributed by atoms with Gasteiger partial charge in [0.05, 0.1) is 50.3 Å². The number of benzene rings is 13. The number of hydrogen-bond donors (Lipinski definition) is 0. The third-order valence-electron chi connectivity index (χ3n) is 15.6. The van der Waals surface area contributed by atoms with Gasteiger partial charge in [0.1, 0.15) is 17.2 Å². The lowest BCUT2D eigenvalue weighted by molar-refractivity contribution is -0.384. The molecule has 0 heterocycles. The van der Waals surface area contributed by atoms with Gasteiger partial charge < -0.3 is 93.4 Å². The Labute approximate surface area is 767 Å². The molecular weight excluding hydrogens is 1930 g/mol. The average Bonchev–Trinajstić information content (AvgIpc) is 0.810. The van der Waals surface area contributed by atoms with Gasteiger partial charge in [0.15, 0.2) is 7.60 Å². The maximum Gasteiger partial charge on any atom is 0.375 e. The second-order valence-electron chi connectivity index (χ2n) is 25.7. The third kappa shape index (κ3) is 40.6. The van der Waals surface area contributed by atoms with Crippen LogP contribution in [0.4, 0.5) is 5.69 Å². The highest BCUT2D eigenvalue weighted by Gasteiger charge is 2.29. The number of carbonyl (C=O) groups excluding carboxylic acids is 8. The highest BCUT2D eigenvalue weighted by molar-refractivity contribution is 7.60. The number of nitro benzene ring substituents is 1. The van der Waals surface area contributed by atoms with Crippen LogP contribution in [0.15, 0.2) is 370 Å². The lowest BCUT2D eigenvalue weighted by Gasteiger charge is -2.29. The molecule has 0 fully saturated rings. The Hall–Kier alpha value is -13.9. The van der Waals surface area contributed by atoms with Crippen molar-refractivity contribution < 1.29 is 178 Å². The summed E-state index contributed by atoms with van der Waals surface area (Å²) in [6.07, 6.45) is -0.134. The average molecular weight is 2000 g/mol. The standard InChI is InChI=1S/C17H13O5P.C14H12O9P2.C14H13O5P.C13H10NO7P.C13H11O4P.C8H9O5P.C8H9O4P/c18-17(14-8-2-1-3-9-14)22-23(19,20)21-16-12-6-10-13-7-4-5-11-15(13)16;15-13(11-7-3-1-4-8-11)21-24(17,18)23-25(19,20)22-14(16)12-9-5-2-6-10-12;15-14(11-12-7-3-1-4-8-12)19-20(16,17)18-13-9-5-2-6-10-13;15-13(10-4-2-1-3-5-10)21-22(18,19)20-12-8-6-11(7-9-12)14(16)17;14-13(11-7-3-1-4-8-11)17-18(15,16)12-9-5-2-6-10-12;1-12-14(10,11)13-8(9)7-5-3-2-4-6-7;1-13(10,11)12-8(9)7-5-3-2-4-6-7/h1-12H,(H,19,20);1-10H,(H,17,18)(H,19,20);1-10H,11H2,(H,16,17);1-9H,(H,18,19);1-10H,(H,15,16);2-6H,1H3,(H,10,11);2-6H,1H3,(H,10,11)/p-8. The Morgan fingerprint density at radius 3 is 0.904 bits per heavy atom. The molecule has 704 valence electrons. The molecule has 0 bridgehead atoms. The van der Waals surface area contributed by atoms with Crippen molar-refractivity contribution in [2.45, 2.75) is 6.42 Å². The molecule has 0 aliphatic carbocycles. The molecule has 0 aliphatic heterocycles. The van der Waals surface area contributed by atoms with Crippen molar-refractivity contribution >= 4 is 132 Å². The van der Waals surface area contributed by atoms with E-state index in [-0.39, 0.29) is 73.6 Å². The van der Waals surface area contributed by atoms with Gasteiger partial charge in [0.25, 0.3) is 5.69 Å². The van der Waals surface area contributed by atoms with E-state index in [0.717, 1.165) is 43.4 Å². The van der Waals surface area contributed by atoms with Crippen molar-refractivity contribution in [1.82, 2.24) is 0 Å².